The number of hydrogen-bond donors (Lipinski definition) is 0. The molecule has 0 amide bonds. The van der Waals surface area contributed by atoms with Crippen molar-refractivity contribution in [3.05, 3.63) is 21.4 Å². The predicted octanol–water partition coefficient (Wildman–Crippen LogP) is 4.74. The lowest BCUT2D eigenvalue weighted by molar-refractivity contribution is -0.0242. The van der Waals surface area contributed by atoms with E-state index in [4.69, 9.17) is 4.74 Å². The number of carbonyl (C=O) groups excluding carboxylic acids is 1. The largest absolute Gasteiger partial charge is 0.458 e. The van der Waals surface area contributed by atoms with E-state index in [0.717, 1.165) is 16.9 Å². The lowest BCUT2D eigenvalue weighted by atomic mass is 9.70. The van der Waals surface area contributed by atoms with Crippen molar-refractivity contribution in [3.63, 3.8) is 0 Å². The molecular formula is C17H24O2S. The Morgan fingerprint density at radius 3 is 2.50 bits per heavy atom. The molecule has 0 saturated heterocycles. The van der Waals surface area contributed by atoms with Gasteiger partial charge in [-0.15, -0.1) is 11.3 Å². The van der Waals surface area contributed by atoms with E-state index < -0.39 is 0 Å². The molecular weight excluding hydrogens is 268 g/mol. The van der Waals surface area contributed by atoms with Gasteiger partial charge in [0.15, 0.2) is 0 Å². The second kappa shape index (κ2) is 4.33. The fraction of sp³-hybridized carbons (Fsp3) is 0.706. The molecule has 0 N–H and O–H groups in total. The minimum Gasteiger partial charge on any atom is -0.458 e. The van der Waals surface area contributed by atoms with Crippen molar-refractivity contribution in [2.24, 2.45) is 16.7 Å². The molecule has 2 nitrogen and oxygen atoms in total. The number of hydrogen-bond acceptors (Lipinski definition) is 3. The van der Waals surface area contributed by atoms with E-state index in [2.05, 4.69) is 20.8 Å². The molecule has 0 aromatic carbocycles. The molecule has 0 radical (unpaired) electrons. The molecule has 110 valence electrons. The third kappa shape index (κ3) is 1.78. The molecule has 20 heavy (non-hydrogen) atoms. The van der Waals surface area contributed by atoms with Crippen LogP contribution >= 0.6 is 11.3 Å². The molecule has 3 atom stereocenters. The van der Waals surface area contributed by atoms with Crippen LogP contribution in [0.3, 0.4) is 0 Å². The second-order valence-corrected chi connectivity index (χ2v) is 8.79. The number of aryl methyl sites for hydroxylation is 2. The Morgan fingerprint density at radius 2 is 2.05 bits per heavy atom. The number of ether oxygens (including phenoxy) is 1. The molecule has 3 heteroatoms. The number of thiophene rings is 1. The van der Waals surface area contributed by atoms with Crippen molar-refractivity contribution in [2.75, 3.05) is 0 Å². The predicted molar refractivity (Wildman–Crippen MR) is 82.2 cm³/mol. The highest BCUT2D eigenvalue weighted by molar-refractivity contribution is 7.12. The van der Waals surface area contributed by atoms with Gasteiger partial charge >= 0.3 is 5.97 Å². The lowest BCUT2D eigenvalue weighted by Gasteiger charge is -2.38. The summed E-state index contributed by atoms with van der Waals surface area (Å²) in [6.45, 7) is 11.0. The van der Waals surface area contributed by atoms with Crippen molar-refractivity contribution in [1.29, 1.82) is 0 Å². The zero-order valence-corrected chi connectivity index (χ0v) is 13.9. The van der Waals surface area contributed by atoms with Gasteiger partial charge in [0.1, 0.15) is 6.10 Å². The Bertz CT molecular complexity index is 557. The minimum atomic E-state index is -0.124. The highest BCUT2D eigenvalue weighted by atomic mass is 32.1. The number of carbonyl (C=O) groups is 1. The Morgan fingerprint density at radius 1 is 1.35 bits per heavy atom. The second-order valence-electron chi connectivity index (χ2n) is 7.33. The molecule has 3 unspecified atom stereocenters. The van der Waals surface area contributed by atoms with Gasteiger partial charge in [0, 0.05) is 15.2 Å². The molecule has 2 aliphatic rings. The molecule has 1 aromatic rings. The van der Waals surface area contributed by atoms with Gasteiger partial charge < -0.3 is 4.74 Å². The van der Waals surface area contributed by atoms with E-state index in [1.54, 1.807) is 11.3 Å². The summed E-state index contributed by atoms with van der Waals surface area (Å²) >= 11 is 1.67. The Hall–Kier alpha value is -0.830. The summed E-state index contributed by atoms with van der Waals surface area (Å²) in [4.78, 5) is 14.7. The first kappa shape index (κ1) is 14.1. The van der Waals surface area contributed by atoms with Gasteiger partial charge in [0.25, 0.3) is 0 Å². The van der Waals surface area contributed by atoms with E-state index in [-0.39, 0.29) is 22.9 Å². The fourth-order valence-electron chi connectivity index (χ4n) is 4.33. The first-order chi connectivity index (χ1) is 9.25. The summed E-state index contributed by atoms with van der Waals surface area (Å²) in [5.41, 5.74) is 1.20. The van der Waals surface area contributed by atoms with Crippen LogP contribution in [0, 0.1) is 30.6 Å². The Labute approximate surface area is 125 Å². The molecule has 1 heterocycles. The van der Waals surface area contributed by atoms with Gasteiger partial charge in [-0.25, -0.2) is 4.79 Å². The third-order valence-corrected chi connectivity index (χ3v) is 7.19. The zero-order chi connectivity index (χ0) is 14.7. The van der Waals surface area contributed by atoms with Crippen LogP contribution in [0.25, 0.3) is 0 Å². The molecule has 2 saturated carbocycles. The maximum atomic E-state index is 12.4. The topological polar surface area (TPSA) is 26.3 Å². The van der Waals surface area contributed by atoms with E-state index in [1.165, 1.54) is 17.7 Å². The molecule has 2 fully saturated rings. The zero-order valence-electron chi connectivity index (χ0n) is 13.1. The van der Waals surface area contributed by atoms with Gasteiger partial charge in [-0.05, 0) is 50.5 Å². The fourth-order valence-corrected chi connectivity index (χ4v) is 5.25. The van der Waals surface area contributed by atoms with Crippen LogP contribution in [-0.4, -0.2) is 12.1 Å². The van der Waals surface area contributed by atoms with E-state index in [9.17, 15) is 4.79 Å². The van der Waals surface area contributed by atoms with Gasteiger partial charge in [-0.3, -0.25) is 0 Å². The quantitative estimate of drug-likeness (QED) is 0.736. The molecule has 2 aliphatic carbocycles. The first-order valence-corrected chi connectivity index (χ1v) is 8.35. The minimum absolute atomic E-state index is 0.0864. The first-order valence-electron chi connectivity index (χ1n) is 7.54. The van der Waals surface area contributed by atoms with E-state index in [0.29, 0.717) is 5.92 Å². The normalized spacial score (nSPS) is 34.5. The maximum Gasteiger partial charge on any atom is 0.339 e. The summed E-state index contributed by atoms with van der Waals surface area (Å²) in [6.07, 6.45) is 3.60. The average molecular weight is 292 g/mol. The van der Waals surface area contributed by atoms with Crippen molar-refractivity contribution >= 4 is 17.3 Å². The average Bonchev–Trinajstić information content (AvgIpc) is 2.86. The van der Waals surface area contributed by atoms with Gasteiger partial charge in [-0.2, -0.15) is 0 Å². The van der Waals surface area contributed by atoms with Crippen molar-refractivity contribution in [1.82, 2.24) is 0 Å². The smallest absolute Gasteiger partial charge is 0.339 e. The Kier molecular flexibility index (Phi) is 3.06. The standard InChI is InChI=1S/C17H24O2S/c1-10-8-13(11(2)20-10)15(18)19-14-9-12-6-7-17(14,5)16(12,3)4/h8,12,14H,6-7,9H2,1-5H3. The van der Waals surface area contributed by atoms with E-state index in [1.807, 2.05) is 19.9 Å². The number of esters is 1. The summed E-state index contributed by atoms with van der Waals surface area (Å²) in [5, 5.41) is 0. The van der Waals surface area contributed by atoms with Gasteiger partial charge in [-0.1, -0.05) is 20.8 Å². The maximum absolute atomic E-state index is 12.4. The van der Waals surface area contributed by atoms with Crippen LogP contribution in [0.5, 0.6) is 0 Å². The molecule has 3 rings (SSSR count). The van der Waals surface area contributed by atoms with Crippen LogP contribution in [0.15, 0.2) is 6.07 Å². The summed E-state index contributed by atoms with van der Waals surface area (Å²) in [5.74, 6) is 0.581. The highest BCUT2D eigenvalue weighted by Gasteiger charge is 2.62. The Balaban J connectivity index is 1.80. The van der Waals surface area contributed by atoms with Crippen molar-refractivity contribution in [2.45, 2.75) is 60.0 Å². The van der Waals surface area contributed by atoms with Crippen LogP contribution < -0.4 is 0 Å². The monoisotopic (exact) mass is 292 g/mol. The lowest BCUT2D eigenvalue weighted by Crippen LogP contribution is -2.38. The van der Waals surface area contributed by atoms with Crippen LogP contribution in [-0.2, 0) is 4.74 Å². The van der Waals surface area contributed by atoms with Gasteiger partial charge in [0.05, 0.1) is 5.56 Å². The summed E-state index contributed by atoms with van der Waals surface area (Å²) in [6, 6.07) is 1.96. The number of rotatable bonds is 2. The highest BCUT2D eigenvalue weighted by Crippen LogP contribution is 2.66. The van der Waals surface area contributed by atoms with Gasteiger partial charge in [0.2, 0.25) is 0 Å². The van der Waals surface area contributed by atoms with Crippen LogP contribution in [0.4, 0.5) is 0 Å². The molecule has 2 bridgehead atoms. The van der Waals surface area contributed by atoms with Crippen LogP contribution in [0.1, 0.15) is 60.1 Å². The molecule has 0 spiro atoms. The van der Waals surface area contributed by atoms with Crippen molar-refractivity contribution < 1.29 is 9.53 Å². The summed E-state index contributed by atoms with van der Waals surface area (Å²) in [7, 11) is 0. The van der Waals surface area contributed by atoms with E-state index >= 15 is 0 Å². The molecule has 1 aromatic heterocycles. The summed E-state index contributed by atoms with van der Waals surface area (Å²) < 4.78 is 5.93. The SMILES string of the molecule is Cc1cc(C(=O)OC2CC3CCC2(C)C3(C)C)c(C)s1. The van der Waals surface area contributed by atoms with Crippen LogP contribution in [0.2, 0.25) is 0 Å². The third-order valence-electron chi connectivity index (χ3n) is 6.22. The number of fused-ring (bicyclic) bond motifs is 2. The molecule has 0 aliphatic heterocycles. The van der Waals surface area contributed by atoms with Crippen molar-refractivity contribution in [3.8, 4) is 0 Å².